The summed E-state index contributed by atoms with van der Waals surface area (Å²) in [6.45, 7) is 6.35. The summed E-state index contributed by atoms with van der Waals surface area (Å²) in [4.78, 5) is 24.1. The zero-order valence-corrected chi connectivity index (χ0v) is 16.7. The van der Waals surface area contributed by atoms with E-state index in [0.29, 0.717) is 43.6 Å². The number of ether oxygens (including phenoxy) is 1. The Morgan fingerprint density at radius 1 is 0.966 bits per heavy atom. The molecule has 2 heterocycles. The number of amides is 1. The minimum atomic E-state index is -0.0996. The fourth-order valence-corrected chi connectivity index (χ4v) is 3.41. The van der Waals surface area contributed by atoms with E-state index in [1.165, 1.54) is 0 Å². The van der Waals surface area contributed by atoms with Gasteiger partial charge in [-0.3, -0.25) is 4.79 Å². The monoisotopic (exact) mass is 388 g/mol. The second-order valence-corrected chi connectivity index (χ2v) is 7.12. The minimum absolute atomic E-state index is 0.0996. The number of carbonyl (C=O) groups is 1. The molecule has 1 saturated heterocycles. The number of carbonyl (C=O) groups excluding carboxylic acids is 1. The fraction of sp³-hybridized carbons (Fsp3) is 0.261. The molecule has 6 heteroatoms. The van der Waals surface area contributed by atoms with Crippen molar-refractivity contribution in [1.82, 2.24) is 14.9 Å². The molecule has 1 aliphatic heterocycles. The van der Waals surface area contributed by atoms with E-state index in [2.05, 4.69) is 36.3 Å². The molecule has 1 aromatic heterocycles. The number of aromatic nitrogens is 2. The van der Waals surface area contributed by atoms with Crippen LogP contribution in [0.25, 0.3) is 11.4 Å². The Labute approximate surface area is 170 Å². The number of hydrogen-bond acceptors (Lipinski definition) is 5. The van der Waals surface area contributed by atoms with Gasteiger partial charge in [-0.05, 0) is 25.0 Å². The summed E-state index contributed by atoms with van der Waals surface area (Å²) in [6.07, 6.45) is 0. The second kappa shape index (κ2) is 8.41. The summed E-state index contributed by atoms with van der Waals surface area (Å²) in [5.41, 5.74) is 4.48. The summed E-state index contributed by atoms with van der Waals surface area (Å²) < 4.78 is 5.37. The molecular weight excluding hydrogens is 364 g/mol. The first-order valence-electron chi connectivity index (χ1n) is 9.76. The van der Waals surface area contributed by atoms with Crippen molar-refractivity contribution < 1.29 is 9.53 Å². The zero-order chi connectivity index (χ0) is 20.2. The Bertz CT molecular complexity index is 994. The summed E-state index contributed by atoms with van der Waals surface area (Å²) in [6, 6.07) is 17.6. The van der Waals surface area contributed by atoms with Gasteiger partial charge in [-0.2, -0.15) is 0 Å². The van der Waals surface area contributed by atoms with E-state index >= 15 is 0 Å². The molecular formula is C23H24N4O2. The van der Waals surface area contributed by atoms with Crippen molar-refractivity contribution in [2.24, 2.45) is 0 Å². The van der Waals surface area contributed by atoms with Crippen molar-refractivity contribution in [2.75, 3.05) is 31.6 Å². The Balaban J connectivity index is 1.75. The first-order chi connectivity index (χ1) is 14.1. The summed E-state index contributed by atoms with van der Waals surface area (Å²) in [5.74, 6) is 1.03. The average Bonchev–Trinajstić information content (AvgIpc) is 2.77. The highest BCUT2D eigenvalue weighted by Gasteiger charge is 2.22. The van der Waals surface area contributed by atoms with E-state index in [-0.39, 0.29) is 5.91 Å². The molecule has 0 saturated carbocycles. The lowest BCUT2D eigenvalue weighted by Crippen LogP contribution is -2.41. The molecule has 0 bridgehead atoms. The van der Waals surface area contributed by atoms with Crippen molar-refractivity contribution in [1.29, 1.82) is 0 Å². The van der Waals surface area contributed by atoms with Crippen molar-refractivity contribution in [3.8, 4) is 11.4 Å². The van der Waals surface area contributed by atoms with E-state index in [1.54, 1.807) is 11.0 Å². The molecule has 0 unspecified atom stereocenters. The van der Waals surface area contributed by atoms with Gasteiger partial charge in [0, 0.05) is 30.4 Å². The van der Waals surface area contributed by atoms with Crippen molar-refractivity contribution in [3.05, 3.63) is 71.4 Å². The van der Waals surface area contributed by atoms with Gasteiger partial charge in [0.15, 0.2) is 5.82 Å². The van der Waals surface area contributed by atoms with Crippen LogP contribution < -0.4 is 5.32 Å². The zero-order valence-electron chi connectivity index (χ0n) is 16.7. The molecule has 4 rings (SSSR count). The number of hydrogen-bond donors (Lipinski definition) is 1. The van der Waals surface area contributed by atoms with Crippen molar-refractivity contribution >= 4 is 17.4 Å². The third kappa shape index (κ3) is 4.27. The Morgan fingerprint density at radius 3 is 2.34 bits per heavy atom. The molecule has 0 aliphatic carbocycles. The molecule has 6 nitrogen and oxygen atoms in total. The number of benzene rings is 2. The Hall–Kier alpha value is -3.25. The Kier molecular flexibility index (Phi) is 5.53. The van der Waals surface area contributed by atoms with Gasteiger partial charge in [0.2, 0.25) is 0 Å². The van der Waals surface area contributed by atoms with Gasteiger partial charge in [0.25, 0.3) is 5.91 Å². The quantitative estimate of drug-likeness (QED) is 0.732. The fourth-order valence-electron chi connectivity index (χ4n) is 3.41. The van der Waals surface area contributed by atoms with Gasteiger partial charge in [0.05, 0.1) is 13.2 Å². The standard InChI is InChI=1S/C23H24N4O2/c1-16-7-6-8-17(2)21(16)25-20-15-19(23(28)27-11-13-29-14-12-27)24-22(26-20)18-9-4-3-5-10-18/h3-10,15H,11-14H2,1-2H3,(H,24,25,26). The smallest absolute Gasteiger partial charge is 0.272 e. The van der Waals surface area contributed by atoms with Crippen LogP contribution in [0.2, 0.25) is 0 Å². The predicted octanol–water partition coefficient (Wildman–Crippen LogP) is 3.98. The van der Waals surface area contributed by atoms with Crippen LogP contribution in [-0.2, 0) is 4.74 Å². The van der Waals surface area contributed by atoms with Gasteiger partial charge >= 0.3 is 0 Å². The highest BCUT2D eigenvalue weighted by Crippen LogP contribution is 2.26. The molecule has 0 spiro atoms. The lowest BCUT2D eigenvalue weighted by molar-refractivity contribution is 0.0299. The molecule has 2 aromatic carbocycles. The summed E-state index contributed by atoms with van der Waals surface area (Å²) in [7, 11) is 0. The highest BCUT2D eigenvalue weighted by molar-refractivity contribution is 5.93. The molecule has 1 amide bonds. The molecule has 29 heavy (non-hydrogen) atoms. The van der Waals surface area contributed by atoms with Crippen molar-refractivity contribution in [3.63, 3.8) is 0 Å². The number of para-hydroxylation sites is 1. The molecule has 1 fully saturated rings. The molecule has 1 N–H and O–H groups in total. The largest absolute Gasteiger partial charge is 0.378 e. The third-order valence-electron chi connectivity index (χ3n) is 5.01. The van der Waals surface area contributed by atoms with Gasteiger partial charge < -0.3 is 15.0 Å². The molecule has 148 valence electrons. The predicted molar refractivity (Wildman–Crippen MR) is 113 cm³/mol. The maximum Gasteiger partial charge on any atom is 0.272 e. The number of anilines is 2. The topological polar surface area (TPSA) is 67.4 Å². The van der Waals surface area contributed by atoms with Crippen molar-refractivity contribution in [2.45, 2.75) is 13.8 Å². The van der Waals surface area contributed by atoms with Gasteiger partial charge in [0.1, 0.15) is 11.5 Å². The van der Waals surface area contributed by atoms with Gasteiger partial charge in [-0.1, -0.05) is 48.5 Å². The first-order valence-corrected chi connectivity index (χ1v) is 9.76. The van der Waals surface area contributed by atoms with Crippen LogP contribution in [0.1, 0.15) is 21.6 Å². The SMILES string of the molecule is Cc1cccc(C)c1Nc1cc(C(=O)N2CCOCC2)nc(-c2ccccc2)n1. The number of morpholine rings is 1. The van der Waals surface area contributed by atoms with Crippen LogP contribution >= 0.6 is 0 Å². The lowest BCUT2D eigenvalue weighted by Gasteiger charge is -2.26. The summed E-state index contributed by atoms with van der Waals surface area (Å²) in [5, 5.41) is 3.40. The second-order valence-electron chi connectivity index (χ2n) is 7.12. The van der Waals surface area contributed by atoms with E-state index < -0.39 is 0 Å². The number of nitrogens with zero attached hydrogens (tertiary/aromatic N) is 3. The van der Waals surface area contributed by atoms with Crippen LogP contribution in [-0.4, -0.2) is 47.1 Å². The first kappa shape index (κ1) is 19.1. The number of nitrogens with one attached hydrogen (secondary N) is 1. The van der Waals surface area contributed by atoms with E-state index in [1.807, 2.05) is 36.4 Å². The van der Waals surface area contributed by atoms with Crippen LogP contribution in [0.5, 0.6) is 0 Å². The van der Waals surface area contributed by atoms with E-state index in [9.17, 15) is 4.79 Å². The maximum absolute atomic E-state index is 13.1. The van der Waals surface area contributed by atoms with E-state index in [0.717, 1.165) is 22.4 Å². The summed E-state index contributed by atoms with van der Waals surface area (Å²) >= 11 is 0. The van der Waals surface area contributed by atoms with Crippen LogP contribution in [0.15, 0.2) is 54.6 Å². The molecule has 1 aliphatic rings. The number of rotatable bonds is 4. The average molecular weight is 388 g/mol. The lowest BCUT2D eigenvalue weighted by atomic mass is 10.1. The highest BCUT2D eigenvalue weighted by atomic mass is 16.5. The van der Waals surface area contributed by atoms with E-state index in [4.69, 9.17) is 9.72 Å². The van der Waals surface area contributed by atoms with Crippen LogP contribution in [0.3, 0.4) is 0 Å². The maximum atomic E-state index is 13.1. The normalized spacial score (nSPS) is 13.9. The number of aryl methyl sites for hydroxylation is 2. The molecule has 0 atom stereocenters. The third-order valence-corrected chi connectivity index (χ3v) is 5.01. The molecule has 3 aromatic rings. The van der Waals surface area contributed by atoms with Crippen LogP contribution in [0.4, 0.5) is 11.5 Å². The van der Waals surface area contributed by atoms with Gasteiger partial charge in [-0.25, -0.2) is 9.97 Å². The minimum Gasteiger partial charge on any atom is -0.378 e. The van der Waals surface area contributed by atoms with Crippen LogP contribution in [0, 0.1) is 13.8 Å². The Morgan fingerprint density at radius 2 is 1.66 bits per heavy atom. The van der Waals surface area contributed by atoms with Gasteiger partial charge in [-0.15, -0.1) is 0 Å². The molecule has 0 radical (unpaired) electrons.